The van der Waals surface area contributed by atoms with Crippen LogP contribution in [-0.2, 0) is 16.0 Å². The molecule has 2 amide bonds. The minimum atomic E-state index is -0.491. The predicted molar refractivity (Wildman–Crippen MR) is 79.7 cm³/mol. The smallest absolute Gasteiger partial charge is 0.311 e. The highest BCUT2D eigenvalue weighted by molar-refractivity contribution is 7.07. The highest BCUT2D eigenvalue weighted by atomic mass is 32.1. The van der Waals surface area contributed by atoms with Crippen LogP contribution in [0.4, 0.5) is 0 Å². The van der Waals surface area contributed by atoms with E-state index >= 15 is 0 Å². The Morgan fingerprint density at radius 2 is 2.30 bits per heavy atom. The number of amides is 2. The fourth-order valence-corrected chi connectivity index (χ4v) is 2.97. The minimum Gasteiger partial charge on any atom is -0.345 e. The number of rotatable bonds is 3. The van der Waals surface area contributed by atoms with Gasteiger partial charge in [-0.25, -0.2) is 0 Å². The number of hydrogen-bond donors (Lipinski definition) is 2. The van der Waals surface area contributed by atoms with E-state index in [4.69, 9.17) is 0 Å². The van der Waals surface area contributed by atoms with Crippen LogP contribution in [0.5, 0.6) is 0 Å². The summed E-state index contributed by atoms with van der Waals surface area (Å²) in [6.07, 6.45) is 1.65. The van der Waals surface area contributed by atoms with Gasteiger partial charge in [-0.1, -0.05) is 0 Å². The van der Waals surface area contributed by atoms with E-state index in [1.807, 2.05) is 18.4 Å². The van der Waals surface area contributed by atoms with Crippen LogP contribution in [0.1, 0.15) is 18.9 Å². The third kappa shape index (κ3) is 4.31. The van der Waals surface area contributed by atoms with Crippen LogP contribution >= 0.6 is 11.3 Å². The van der Waals surface area contributed by atoms with Gasteiger partial charge in [-0.2, -0.15) is 11.3 Å². The molecule has 1 atom stereocenters. The van der Waals surface area contributed by atoms with E-state index in [1.54, 1.807) is 16.2 Å². The first-order chi connectivity index (χ1) is 9.66. The lowest BCUT2D eigenvalue weighted by molar-refractivity contribution is -0.146. The summed E-state index contributed by atoms with van der Waals surface area (Å²) < 4.78 is 0. The number of carbonyl (C=O) groups excluding carboxylic acids is 2. The van der Waals surface area contributed by atoms with Crippen molar-refractivity contribution in [2.45, 2.75) is 25.8 Å². The van der Waals surface area contributed by atoms with E-state index in [2.05, 4.69) is 16.0 Å². The van der Waals surface area contributed by atoms with Crippen molar-refractivity contribution in [2.75, 3.05) is 26.2 Å². The number of nitrogens with one attached hydrogen (secondary N) is 2. The third-order valence-corrected chi connectivity index (χ3v) is 4.05. The Bertz CT molecular complexity index is 439. The second-order valence-electron chi connectivity index (χ2n) is 5.11. The van der Waals surface area contributed by atoms with Gasteiger partial charge in [0.2, 0.25) is 0 Å². The maximum absolute atomic E-state index is 12.1. The van der Waals surface area contributed by atoms with Crippen LogP contribution in [0.3, 0.4) is 0 Å². The monoisotopic (exact) mass is 295 g/mol. The van der Waals surface area contributed by atoms with Gasteiger partial charge in [0.05, 0.1) is 0 Å². The summed E-state index contributed by atoms with van der Waals surface area (Å²) in [4.78, 5) is 25.7. The topological polar surface area (TPSA) is 61.4 Å². The van der Waals surface area contributed by atoms with Crippen molar-refractivity contribution in [1.82, 2.24) is 15.5 Å². The lowest BCUT2D eigenvalue weighted by atomic mass is 10.1. The van der Waals surface area contributed by atoms with Gasteiger partial charge in [-0.15, -0.1) is 0 Å². The third-order valence-electron chi connectivity index (χ3n) is 3.32. The molecular formula is C14H21N3O2S. The summed E-state index contributed by atoms with van der Waals surface area (Å²) in [5.41, 5.74) is 1.19. The van der Waals surface area contributed by atoms with Crippen molar-refractivity contribution in [3.8, 4) is 0 Å². The summed E-state index contributed by atoms with van der Waals surface area (Å²) in [6, 6.07) is 2.00. The fraction of sp³-hybridized carbons (Fsp3) is 0.571. The Balaban J connectivity index is 1.82. The van der Waals surface area contributed by atoms with E-state index in [9.17, 15) is 9.59 Å². The molecule has 2 heterocycles. The molecule has 20 heavy (non-hydrogen) atoms. The lowest BCUT2D eigenvalue weighted by Gasteiger charge is -2.20. The van der Waals surface area contributed by atoms with Crippen LogP contribution < -0.4 is 10.6 Å². The Kier molecular flexibility index (Phi) is 5.55. The van der Waals surface area contributed by atoms with Crippen molar-refractivity contribution in [3.05, 3.63) is 22.4 Å². The summed E-state index contributed by atoms with van der Waals surface area (Å²) in [5.74, 6) is -0.902. The van der Waals surface area contributed by atoms with Crippen LogP contribution in [0.25, 0.3) is 0 Å². The molecule has 1 aliphatic heterocycles. The Hall–Kier alpha value is -1.40. The molecule has 2 N–H and O–H groups in total. The van der Waals surface area contributed by atoms with Crippen LogP contribution in [0, 0.1) is 0 Å². The molecule has 0 aliphatic carbocycles. The molecule has 1 aromatic heterocycles. The van der Waals surface area contributed by atoms with E-state index in [1.165, 1.54) is 5.56 Å². The van der Waals surface area contributed by atoms with Gasteiger partial charge >= 0.3 is 11.8 Å². The SMILES string of the molecule is CC(Cc1ccsc1)NC(=O)C(=O)N1CCCNCC1. The van der Waals surface area contributed by atoms with Crippen LogP contribution in [0.2, 0.25) is 0 Å². The molecular weight excluding hydrogens is 274 g/mol. The zero-order valence-corrected chi connectivity index (χ0v) is 12.5. The Morgan fingerprint density at radius 1 is 1.45 bits per heavy atom. The zero-order valence-electron chi connectivity index (χ0n) is 11.7. The number of thiophene rings is 1. The molecule has 110 valence electrons. The van der Waals surface area contributed by atoms with Gasteiger partial charge in [0.15, 0.2) is 0 Å². The van der Waals surface area contributed by atoms with Crippen molar-refractivity contribution in [3.63, 3.8) is 0 Å². The molecule has 0 spiro atoms. The van der Waals surface area contributed by atoms with Crippen molar-refractivity contribution < 1.29 is 9.59 Å². The van der Waals surface area contributed by atoms with Crippen molar-refractivity contribution in [2.24, 2.45) is 0 Å². The quantitative estimate of drug-likeness (QED) is 0.804. The second kappa shape index (κ2) is 7.40. The molecule has 1 aliphatic rings. The van der Waals surface area contributed by atoms with Crippen molar-refractivity contribution in [1.29, 1.82) is 0 Å². The molecule has 1 unspecified atom stereocenters. The first kappa shape index (κ1) is 15.0. The maximum atomic E-state index is 12.1. The molecule has 1 aromatic rings. The Morgan fingerprint density at radius 3 is 3.05 bits per heavy atom. The molecule has 5 nitrogen and oxygen atoms in total. The summed E-state index contributed by atoms with van der Waals surface area (Å²) in [6.45, 7) is 4.83. The molecule has 1 saturated heterocycles. The average Bonchev–Trinajstić information content (AvgIpc) is 2.77. The van der Waals surface area contributed by atoms with Gasteiger partial charge in [-0.05, 0) is 48.7 Å². The molecule has 2 rings (SSSR count). The minimum absolute atomic E-state index is 0.0360. The summed E-state index contributed by atoms with van der Waals surface area (Å²) >= 11 is 1.64. The summed E-state index contributed by atoms with van der Waals surface area (Å²) in [5, 5.41) is 10.1. The summed E-state index contributed by atoms with van der Waals surface area (Å²) in [7, 11) is 0. The zero-order chi connectivity index (χ0) is 14.4. The number of carbonyl (C=O) groups is 2. The first-order valence-electron chi connectivity index (χ1n) is 6.98. The van der Waals surface area contributed by atoms with E-state index in [0.29, 0.717) is 13.1 Å². The fourth-order valence-electron chi connectivity index (χ4n) is 2.29. The van der Waals surface area contributed by atoms with Crippen LogP contribution in [0.15, 0.2) is 16.8 Å². The molecule has 6 heteroatoms. The Labute approximate surface area is 123 Å². The van der Waals surface area contributed by atoms with Gasteiger partial charge in [0, 0.05) is 25.7 Å². The standard InChI is InChI=1S/C14H21N3O2S/c1-11(9-12-3-8-20-10-12)16-13(18)14(19)17-6-2-4-15-5-7-17/h3,8,10-11,15H,2,4-7,9H2,1H3,(H,16,18). The number of nitrogens with zero attached hydrogens (tertiary/aromatic N) is 1. The van der Waals surface area contributed by atoms with E-state index < -0.39 is 11.8 Å². The predicted octanol–water partition coefficient (Wildman–Crippen LogP) is 0.617. The van der Waals surface area contributed by atoms with Gasteiger partial charge in [0.1, 0.15) is 0 Å². The molecule has 0 aromatic carbocycles. The van der Waals surface area contributed by atoms with Crippen molar-refractivity contribution >= 4 is 23.2 Å². The second-order valence-corrected chi connectivity index (χ2v) is 5.89. The molecule has 0 saturated carbocycles. The molecule has 0 radical (unpaired) electrons. The molecule has 0 bridgehead atoms. The average molecular weight is 295 g/mol. The van der Waals surface area contributed by atoms with Crippen LogP contribution in [-0.4, -0.2) is 48.9 Å². The molecule has 1 fully saturated rings. The lowest BCUT2D eigenvalue weighted by Crippen LogP contribution is -2.47. The highest BCUT2D eigenvalue weighted by Gasteiger charge is 2.23. The van der Waals surface area contributed by atoms with Gasteiger partial charge in [0.25, 0.3) is 0 Å². The van der Waals surface area contributed by atoms with E-state index in [0.717, 1.165) is 25.9 Å². The van der Waals surface area contributed by atoms with E-state index in [-0.39, 0.29) is 6.04 Å². The number of hydrogen-bond acceptors (Lipinski definition) is 4. The highest BCUT2D eigenvalue weighted by Crippen LogP contribution is 2.08. The maximum Gasteiger partial charge on any atom is 0.311 e. The largest absolute Gasteiger partial charge is 0.345 e. The van der Waals surface area contributed by atoms with Gasteiger partial charge in [-0.3, -0.25) is 9.59 Å². The van der Waals surface area contributed by atoms with Gasteiger partial charge < -0.3 is 15.5 Å². The normalized spacial score (nSPS) is 17.4. The first-order valence-corrected chi connectivity index (χ1v) is 7.92.